The summed E-state index contributed by atoms with van der Waals surface area (Å²) in [7, 11) is 0. The van der Waals surface area contributed by atoms with Gasteiger partial charge < -0.3 is 15.0 Å². The number of nitrogens with one attached hydrogen (secondary N) is 2. The Hall–Kier alpha value is -3.06. The number of aromatic amines is 1. The number of pyridine rings is 1. The molecule has 0 radical (unpaired) electrons. The topological polar surface area (TPSA) is 112 Å². The maximum Gasteiger partial charge on any atom is 0.306 e. The normalized spacial score (nSPS) is 9.57. The lowest BCUT2D eigenvalue weighted by atomic mass is 9.99. The van der Waals surface area contributed by atoms with Crippen LogP contribution in [0.25, 0.3) is 0 Å². The minimum Gasteiger partial charge on any atom is -0.456 e. The van der Waals surface area contributed by atoms with Gasteiger partial charge in [0.05, 0.1) is 6.54 Å². The third kappa shape index (κ3) is 5.01. The van der Waals surface area contributed by atoms with E-state index in [1.54, 1.807) is 13.8 Å². The standard InChI is InChI=1S/C16H17N3O4/c1-4-7-18-14(20)9-23-15(21)6-5-12-10(2)13(8-17)16(22)19-11(12)3/h1H,5-7,9H2,2-3H3,(H,18,20)(H,19,22). The number of H-pyrrole nitrogens is 1. The van der Waals surface area contributed by atoms with Crippen molar-refractivity contribution >= 4 is 11.9 Å². The monoisotopic (exact) mass is 315 g/mol. The number of aryl methyl sites for hydroxylation is 1. The summed E-state index contributed by atoms with van der Waals surface area (Å²) in [5.74, 6) is 1.21. The number of ether oxygens (including phenoxy) is 1. The second-order valence-electron chi connectivity index (χ2n) is 4.81. The summed E-state index contributed by atoms with van der Waals surface area (Å²) >= 11 is 0. The Morgan fingerprint density at radius 2 is 2.09 bits per heavy atom. The molecular formula is C16H17N3O4. The van der Waals surface area contributed by atoms with Crippen molar-refractivity contribution in [2.45, 2.75) is 26.7 Å². The van der Waals surface area contributed by atoms with Crippen molar-refractivity contribution in [2.75, 3.05) is 13.2 Å². The van der Waals surface area contributed by atoms with Crippen LogP contribution in [0.15, 0.2) is 4.79 Å². The molecule has 1 aromatic rings. The molecule has 0 aliphatic heterocycles. The highest BCUT2D eigenvalue weighted by molar-refractivity contribution is 5.80. The van der Waals surface area contributed by atoms with Gasteiger partial charge >= 0.3 is 5.97 Å². The smallest absolute Gasteiger partial charge is 0.306 e. The lowest BCUT2D eigenvalue weighted by Gasteiger charge is -2.10. The summed E-state index contributed by atoms with van der Waals surface area (Å²) in [4.78, 5) is 37.1. The van der Waals surface area contributed by atoms with Crippen LogP contribution < -0.4 is 10.9 Å². The lowest BCUT2D eigenvalue weighted by Crippen LogP contribution is -2.29. The van der Waals surface area contributed by atoms with Crippen molar-refractivity contribution in [2.24, 2.45) is 0 Å². The first kappa shape index (κ1) is 18.0. The molecule has 1 heterocycles. The first-order valence-corrected chi connectivity index (χ1v) is 6.89. The molecule has 1 aromatic heterocycles. The number of nitriles is 1. The molecule has 0 saturated carbocycles. The van der Waals surface area contributed by atoms with Gasteiger partial charge in [-0.3, -0.25) is 14.4 Å². The number of rotatable bonds is 6. The van der Waals surface area contributed by atoms with Gasteiger partial charge in [0, 0.05) is 12.1 Å². The van der Waals surface area contributed by atoms with Crippen molar-refractivity contribution in [1.29, 1.82) is 5.26 Å². The second-order valence-corrected chi connectivity index (χ2v) is 4.81. The Morgan fingerprint density at radius 3 is 2.70 bits per heavy atom. The van der Waals surface area contributed by atoms with Crippen molar-refractivity contribution in [3.63, 3.8) is 0 Å². The van der Waals surface area contributed by atoms with Gasteiger partial charge in [0.25, 0.3) is 11.5 Å². The van der Waals surface area contributed by atoms with Gasteiger partial charge in [0.15, 0.2) is 6.61 Å². The number of terminal acetylenes is 1. The minimum atomic E-state index is -0.552. The second kappa shape index (κ2) is 8.40. The van der Waals surface area contributed by atoms with Gasteiger partial charge in [-0.05, 0) is 31.4 Å². The van der Waals surface area contributed by atoms with Crippen LogP contribution in [-0.2, 0) is 20.7 Å². The molecule has 1 amide bonds. The number of esters is 1. The van der Waals surface area contributed by atoms with Gasteiger partial charge in [-0.15, -0.1) is 6.42 Å². The molecule has 0 saturated heterocycles. The highest BCUT2D eigenvalue weighted by atomic mass is 16.5. The van der Waals surface area contributed by atoms with E-state index in [0.717, 1.165) is 5.56 Å². The summed E-state index contributed by atoms with van der Waals surface area (Å²) in [6.07, 6.45) is 5.32. The van der Waals surface area contributed by atoms with Crippen LogP contribution in [0, 0.1) is 37.5 Å². The maximum atomic E-state index is 11.7. The Morgan fingerprint density at radius 1 is 1.39 bits per heavy atom. The number of nitrogens with zero attached hydrogens (tertiary/aromatic N) is 1. The number of hydrogen-bond donors (Lipinski definition) is 2. The maximum absolute atomic E-state index is 11.7. The molecule has 7 heteroatoms. The zero-order valence-corrected chi connectivity index (χ0v) is 13.0. The molecule has 0 unspecified atom stereocenters. The molecule has 0 atom stereocenters. The van der Waals surface area contributed by atoms with Gasteiger partial charge in [-0.25, -0.2) is 0 Å². The Balaban J connectivity index is 2.64. The largest absolute Gasteiger partial charge is 0.456 e. The molecule has 0 aliphatic rings. The van der Waals surface area contributed by atoms with E-state index in [1.807, 2.05) is 6.07 Å². The molecule has 120 valence electrons. The number of hydrogen-bond acceptors (Lipinski definition) is 5. The van der Waals surface area contributed by atoms with Crippen LogP contribution in [0.3, 0.4) is 0 Å². The fraction of sp³-hybridized carbons (Fsp3) is 0.375. The fourth-order valence-electron chi connectivity index (χ4n) is 2.07. The van der Waals surface area contributed by atoms with Crippen molar-refractivity contribution < 1.29 is 14.3 Å². The summed E-state index contributed by atoms with van der Waals surface area (Å²) in [5.41, 5.74) is 1.46. The van der Waals surface area contributed by atoms with E-state index in [2.05, 4.69) is 16.2 Å². The quantitative estimate of drug-likeness (QED) is 0.570. The van der Waals surface area contributed by atoms with E-state index in [1.165, 1.54) is 0 Å². The number of aromatic nitrogens is 1. The number of carbonyl (C=O) groups excluding carboxylic acids is 2. The van der Waals surface area contributed by atoms with E-state index in [4.69, 9.17) is 16.4 Å². The van der Waals surface area contributed by atoms with Gasteiger partial charge in [0.2, 0.25) is 0 Å². The zero-order chi connectivity index (χ0) is 17.4. The lowest BCUT2D eigenvalue weighted by molar-refractivity contribution is -0.148. The van der Waals surface area contributed by atoms with Gasteiger partial charge in [0.1, 0.15) is 11.6 Å². The van der Waals surface area contributed by atoms with E-state index >= 15 is 0 Å². The van der Waals surface area contributed by atoms with Gasteiger partial charge in [-0.1, -0.05) is 5.92 Å². The van der Waals surface area contributed by atoms with Crippen molar-refractivity contribution in [1.82, 2.24) is 10.3 Å². The van der Waals surface area contributed by atoms with Crippen LogP contribution in [-0.4, -0.2) is 30.0 Å². The number of amides is 1. The molecule has 23 heavy (non-hydrogen) atoms. The summed E-state index contributed by atoms with van der Waals surface area (Å²) < 4.78 is 4.83. The van der Waals surface area contributed by atoms with Crippen LogP contribution in [0.2, 0.25) is 0 Å². The van der Waals surface area contributed by atoms with Gasteiger partial charge in [-0.2, -0.15) is 5.26 Å². The Labute approximate surface area is 133 Å². The third-order valence-corrected chi connectivity index (χ3v) is 3.25. The summed E-state index contributed by atoms with van der Waals surface area (Å²) in [6.45, 7) is 3.04. The molecule has 0 aromatic carbocycles. The molecule has 0 fully saturated rings. The molecule has 0 spiro atoms. The average Bonchev–Trinajstić information content (AvgIpc) is 2.50. The highest BCUT2D eigenvalue weighted by Crippen LogP contribution is 2.15. The van der Waals surface area contributed by atoms with E-state index < -0.39 is 24.0 Å². The van der Waals surface area contributed by atoms with Crippen LogP contribution in [0.4, 0.5) is 0 Å². The SMILES string of the molecule is C#CCNC(=O)COC(=O)CCc1c(C)[nH]c(=O)c(C#N)c1C. The summed E-state index contributed by atoms with van der Waals surface area (Å²) in [6, 6.07) is 1.85. The van der Waals surface area contributed by atoms with Crippen molar-refractivity contribution in [3.05, 3.63) is 32.7 Å². The highest BCUT2D eigenvalue weighted by Gasteiger charge is 2.14. The van der Waals surface area contributed by atoms with E-state index in [-0.39, 0.29) is 18.5 Å². The average molecular weight is 315 g/mol. The Kier molecular flexibility index (Phi) is 6.57. The fourth-order valence-corrected chi connectivity index (χ4v) is 2.07. The molecule has 1 rings (SSSR count). The summed E-state index contributed by atoms with van der Waals surface area (Å²) in [5, 5.41) is 11.4. The molecule has 2 N–H and O–H groups in total. The third-order valence-electron chi connectivity index (χ3n) is 3.25. The number of carbonyl (C=O) groups is 2. The molecule has 0 bridgehead atoms. The Bertz CT molecular complexity index is 750. The first-order chi connectivity index (χ1) is 10.9. The van der Waals surface area contributed by atoms with Crippen LogP contribution in [0.1, 0.15) is 28.8 Å². The van der Waals surface area contributed by atoms with E-state index in [9.17, 15) is 14.4 Å². The molecular weight excluding hydrogens is 298 g/mol. The van der Waals surface area contributed by atoms with E-state index in [0.29, 0.717) is 17.7 Å². The van der Waals surface area contributed by atoms with Crippen molar-refractivity contribution in [3.8, 4) is 18.4 Å². The minimum absolute atomic E-state index is 0.0288. The predicted octanol–water partition coefficient (Wildman–Crippen LogP) is 0.0886. The predicted molar refractivity (Wildman–Crippen MR) is 82.4 cm³/mol. The zero-order valence-electron chi connectivity index (χ0n) is 13.0. The van der Waals surface area contributed by atoms with Crippen LogP contribution in [0.5, 0.6) is 0 Å². The van der Waals surface area contributed by atoms with Crippen LogP contribution >= 0.6 is 0 Å². The first-order valence-electron chi connectivity index (χ1n) is 6.89. The molecule has 7 nitrogen and oxygen atoms in total. The molecule has 0 aliphatic carbocycles.